The molecule has 8 heteroatoms. The van der Waals surface area contributed by atoms with Gasteiger partial charge in [0.25, 0.3) is 0 Å². The van der Waals surface area contributed by atoms with Gasteiger partial charge in [-0.25, -0.2) is 0 Å². The summed E-state index contributed by atoms with van der Waals surface area (Å²) in [5.41, 5.74) is 2.05. The molecule has 0 N–H and O–H groups in total. The summed E-state index contributed by atoms with van der Waals surface area (Å²) in [7, 11) is 1.64. The zero-order valence-corrected chi connectivity index (χ0v) is 22.0. The van der Waals surface area contributed by atoms with Gasteiger partial charge in [-0.1, -0.05) is 41.9 Å². The molecule has 1 aliphatic rings. The normalized spacial score (nSPS) is 14.8. The highest BCUT2D eigenvalue weighted by Crippen LogP contribution is 2.34. The number of ether oxygens (including phenoxy) is 2. The number of methoxy groups -OCH3 is 1. The molecule has 0 spiro atoms. The number of rotatable bonds is 11. The van der Waals surface area contributed by atoms with Crippen LogP contribution in [0.4, 0.5) is 0 Å². The predicted octanol–water partition coefficient (Wildman–Crippen LogP) is 5.01. The maximum absolute atomic E-state index is 13.6. The summed E-state index contributed by atoms with van der Waals surface area (Å²) >= 11 is 7.71. The Morgan fingerprint density at radius 3 is 2.64 bits per heavy atom. The Hall–Kier alpha value is -2.87. The summed E-state index contributed by atoms with van der Waals surface area (Å²) in [6.07, 6.45) is 1.73. The van der Waals surface area contributed by atoms with E-state index in [1.165, 1.54) is 4.88 Å². The lowest BCUT2D eigenvalue weighted by atomic mass is 10.0. The van der Waals surface area contributed by atoms with Crippen LogP contribution in [0.5, 0.6) is 5.75 Å². The van der Waals surface area contributed by atoms with E-state index in [1.54, 1.807) is 35.5 Å². The molecule has 0 radical (unpaired) electrons. The maximum Gasteiger partial charge on any atom is 0.242 e. The molecule has 0 saturated heterocycles. The molecule has 0 aliphatic carbocycles. The second-order valence-corrected chi connectivity index (χ2v) is 10.2. The molecule has 0 bridgehead atoms. The number of benzene rings is 2. The number of nitrogens with zero attached hydrogens (tertiary/aromatic N) is 2. The number of hydrogen-bond donors (Lipinski definition) is 0. The molecule has 0 saturated carbocycles. The van der Waals surface area contributed by atoms with Gasteiger partial charge in [0.05, 0.1) is 19.0 Å². The first-order valence-corrected chi connectivity index (χ1v) is 13.4. The molecule has 1 atom stereocenters. The second-order valence-electron chi connectivity index (χ2n) is 8.74. The van der Waals surface area contributed by atoms with Crippen LogP contribution >= 0.6 is 22.9 Å². The van der Waals surface area contributed by atoms with Gasteiger partial charge in [-0.05, 0) is 59.7 Å². The van der Waals surface area contributed by atoms with E-state index in [0.717, 1.165) is 17.5 Å². The van der Waals surface area contributed by atoms with Crippen molar-refractivity contribution in [1.82, 2.24) is 9.80 Å². The van der Waals surface area contributed by atoms with E-state index in [-0.39, 0.29) is 30.8 Å². The van der Waals surface area contributed by atoms with E-state index in [0.29, 0.717) is 43.5 Å². The topological polar surface area (TPSA) is 59.1 Å². The van der Waals surface area contributed by atoms with E-state index < -0.39 is 0 Å². The molecule has 190 valence electrons. The summed E-state index contributed by atoms with van der Waals surface area (Å²) in [5.74, 6) is 0.566. The number of carbonyl (C=O) groups excluding carboxylic acids is 2. The SMILES string of the molecule is COCCCN(CC(=O)N1CCc2sccc2[C@@H]1COc1ccc(Cl)cc1)C(=O)Cc1ccccc1. The first-order valence-electron chi connectivity index (χ1n) is 12.1. The minimum atomic E-state index is -0.215. The van der Waals surface area contributed by atoms with Gasteiger partial charge in [0, 0.05) is 36.7 Å². The molecule has 2 amide bonds. The summed E-state index contributed by atoms with van der Waals surface area (Å²) in [6, 6.07) is 18.7. The maximum atomic E-state index is 13.6. The smallest absolute Gasteiger partial charge is 0.242 e. The highest BCUT2D eigenvalue weighted by molar-refractivity contribution is 7.10. The third-order valence-electron chi connectivity index (χ3n) is 6.29. The third kappa shape index (κ3) is 6.87. The van der Waals surface area contributed by atoms with Crippen LogP contribution in [0.1, 0.15) is 28.5 Å². The highest BCUT2D eigenvalue weighted by Gasteiger charge is 2.33. The molecule has 4 rings (SSSR count). The quantitative estimate of drug-likeness (QED) is 0.329. The minimum absolute atomic E-state index is 0.0340. The monoisotopic (exact) mass is 526 g/mol. The third-order valence-corrected chi connectivity index (χ3v) is 7.54. The number of hydrogen-bond acceptors (Lipinski definition) is 5. The number of carbonyl (C=O) groups is 2. The van der Waals surface area contributed by atoms with Crippen molar-refractivity contribution in [3.05, 3.63) is 87.1 Å². The van der Waals surface area contributed by atoms with E-state index in [2.05, 4.69) is 11.4 Å². The molecule has 0 unspecified atom stereocenters. The number of fused-ring (bicyclic) bond motifs is 1. The zero-order valence-electron chi connectivity index (χ0n) is 20.4. The van der Waals surface area contributed by atoms with Crippen molar-refractivity contribution >= 4 is 34.8 Å². The fourth-order valence-corrected chi connectivity index (χ4v) is 5.46. The van der Waals surface area contributed by atoms with Crippen molar-refractivity contribution in [3.8, 4) is 5.75 Å². The Labute approximate surface area is 221 Å². The Kier molecular flexibility index (Phi) is 9.39. The molecule has 3 aromatic rings. The molecular formula is C28H31ClN2O4S. The Balaban J connectivity index is 1.47. The van der Waals surface area contributed by atoms with E-state index in [9.17, 15) is 9.59 Å². The molecule has 2 heterocycles. The van der Waals surface area contributed by atoms with Crippen LogP contribution in [0.2, 0.25) is 5.02 Å². The van der Waals surface area contributed by atoms with Crippen molar-refractivity contribution in [2.75, 3.05) is 40.0 Å². The molecule has 0 fully saturated rings. The van der Waals surface area contributed by atoms with E-state index in [1.807, 2.05) is 47.4 Å². The highest BCUT2D eigenvalue weighted by atomic mass is 35.5. The lowest BCUT2D eigenvalue weighted by Gasteiger charge is -2.37. The van der Waals surface area contributed by atoms with Crippen molar-refractivity contribution in [2.24, 2.45) is 0 Å². The predicted molar refractivity (Wildman–Crippen MR) is 143 cm³/mol. The summed E-state index contributed by atoms with van der Waals surface area (Å²) in [5, 5.41) is 2.71. The van der Waals surface area contributed by atoms with Crippen molar-refractivity contribution in [1.29, 1.82) is 0 Å². The summed E-state index contributed by atoms with van der Waals surface area (Å²) in [6.45, 7) is 1.96. The van der Waals surface area contributed by atoms with Crippen LogP contribution in [0.3, 0.4) is 0 Å². The van der Waals surface area contributed by atoms with Crippen molar-refractivity contribution in [2.45, 2.75) is 25.3 Å². The van der Waals surface area contributed by atoms with Crippen LogP contribution in [-0.4, -0.2) is 61.6 Å². The average molecular weight is 527 g/mol. The van der Waals surface area contributed by atoms with E-state index >= 15 is 0 Å². The van der Waals surface area contributed by atoms with Gasteiger partial charge >= 0.3 is 0 Å². The van der Waals surface area contributed by atoms with Crippen LogP contribution in [0, 0.1) is 0 Å². The van der Waals surface area contributed by atoms with Gasteiger partial charge < -0.3 is 19.3 Å². The summed E-state index contributed by atoms with van der Waals surface area (Å²) in [4.78, 5) is 31.6. The van der Waals surface area contributed by atoms with Crippen LogP contribution in [0.25, 0.3) is 0 Å². The number of halogens is 1. The van der Waals surface area contributed by atoms with Gasteiger partial charge in [-0.2, -0.15) is 0 Å². The standard InChI is InChI=1S/C28H31ClN2O4S/c1-34-16-5-14-30(27(32)18-21-6-3-2-4-7-21)19-28(33)31-15-12-26-24(13-17-36-26)25(31)20-35-23-10-8-22(29)9-11-23/h2-4,6-11,13,17,25H,5,12,14-16,18-20H2,1H3/t25-/m0/s1. The Morgan fingerprint density at radius 2 is 1.89 bits per heavy atom. The Morgan fingerprint density at radius 1 is 1.11 bits per heavy atom. The number of thiophene rings is 1. The molecular weight excluding hydrogens is 496 g/mol. The van der Waals surface area contributed by atoms with Gasteiger partial charge in [0.2, 0.25) is 11.8 Å². The van der Waals surface area contributed by atoms with Crippen LogP contribution in [0.15, 0.2) is 66.0 Å². The molecule has 1 aromatic heterocycles. The van der Waals surface area contributed by atoms with Crippen molar-refractivity contribution in [3.63, 3.8) is 0 Å². The van der Waals surface area contributed by atoms with Crippen LogP contribution < -0.4 is 4.74 Å². The first-order chi connectivity index (χ1) is 17.5. The molecule has 2 aromatic carbocycles. The fourth-order valence-electron chi connectivity index (χ4n) is 4.41. The fraction of sp³-hybridized carbons (Fsp3) is 0.357. The Bertz CT molecular complexity index is 1140. The van der Waals surface area contributed by atoms with Crippen LogP contribution in [-0.2, 0) is 27.2 Å². The molecule has 1 aliphatic heterocycles. The van der Waals surface area contributed by atoms with Gasteiger partial charge in [-0.3, -0.25) is 9.59 Å². The zero-order chi connectivity index (χ0) is 25.3. The lowest BCUT2D eigenvalue weighted by Crippen LogP contribution is -2.48. The van der Waals surface area contributed by atoms with Gasteiger partial charge in [-0.15, -0.1) is 11.3 Å². The second kappa shape index (κ2) is 12.9. The summed E-state index contributed by atoms with van der Waals surface area (Å²) < 4.78 is 11.3. The lowest BCUT2D eigenvalue weighted by molar-refractivity contribution is -0.142. The molecule has 6 nitrogen and oxygen atoms in total. The molecule has 36 heavy (non-hydrogen) atoms. The largest absolute Gasteiger partial charge is 0.491 e. The minimum Gasteiger partial charge on any atom is -0.491 e. The first kappa shape index (κ1) is 26.2. The van der Waals surface area contributed by atoms with Gasteiger partial charge in [0.15, 0.2) is 0 Å². The number of amides is 2. The van der Waals surface area contributed by atoms with Gasteiger partial charge in [0.1, 0.15) is 12.4 Å². The van der Waals surface area contributed by atoms with E-state index in [4.69, 9.17) is 21.1 Å². The van der Waals surface area contributed by atoms with Crippen molar-refractivity contribution < 1.29 is 19.1 Å². The average Bonchev–Trinajstić information content (AvgIpc) is 3.37.